The minimum Gasteiger partial charge on any atom is -0.481 e. The van der Waals surface area contributed by atoms with Gasteiger partial charge in [-0.1, -0.05) is 11.6 Å². The highest BCUT2D eigenvalue weighted by atomic mass is 35.5. The molecule has 1 atom stereocenters. The van der Waals surface area contributed by atoms with Gasteiger partial charge in [-0.2, -0.15) is 18.4 Å². The monoisotopic (exact) mass is 249 g/mol. The molecule has 1 rings (SSSR count). The van der Waals surface area contributed by atoms with E-state index in [0.717, 1.165) is 6.92 Å². The first-order valence-electron chi connectivity index (χ1n) is 4.27. The molecule has 0 aliphatic carbocycles. The van der Waals surface area contributed by atoms with Gasteiger partial charge in [0.05, 0.1) is 10.6 Å². The Labute approximate surface area is 95.2 Å². The van der Waals surface area contributed by atoms with Gasteiger partial charge in [0.15, 0.2) is 6.10 Å². The van der Waals surface area contributed by atoms with Crippen molar-refractivity contribution >= 4 is 11.6 Å². The largest absolute Gasteiger partial charge is 0.481 e. The van der Waals surface area contributed by atoms with Crippen molar-refractivity contribution in [3.63, 3.8) is 0 Å². The second kappa shape index (κ2) is 4.62. The number of halogens is 4. The summed E-state index contributed by atoms with van der Waals surface area (Å²) in [7, 11) is 0. The zero-order chi connectivity index (χ0) is 12.3. The zero-order valence-electron chi connectivity index (χ0n) is 8.18. The standard InChI is InChI=1S/C10H7ClF3NO/c1-6(10(12,13)14)16-8-3-2-7(5-15)9(11)4-8/h2-4,6H,1H3. The summed E-state index contributed by atoms with van der Waals surface area (Å²) in [6.45, 7) is 0.895. The number of benzene rings is 1. The predicted molar refractivity (Wildman–Crippen MR) is 52.3 cm³/mol. The van der Waals surface area contributed by atoms with E-state index in [1.165, 1.54) is 18.2 Å². The molecule has 0 bridgehead atoms. The molecule has 0 aliphatic heterocycles. The molecule has 6 heteroatoms. The normalized spacial score (nSPS) is 13.0. The first kappa shape index (κ1) is 12.7. The average Bonchev–Trinajstić information content (AvgIpc) is 2.16. The molecule has 1 unspecified atom stereocenters. The molecule has 2 nitrogen and oxygen atoms in total. The van der Waals surface area contributed by atoms with Crippen molar-refractivity contribution in [3.05, 3.63) is 28.8 Å². The molecule has 0 aliphatic rings. The van der Waals surface area contributed by atoms with E-state index in [-0.39, 0.29) is 16.3 Å². The Morgan fingerprint density at radius 2 is 2.06 bits per heavy atom. The number of rotatable bonds is 2. The first-order chi connectivity index (χ1) is 7.34. The van der Waals surface area contributed by atoms with Gasteiger partial charge in [-0.15, -0.1) is 0 Å². The quantitative estimate of drug-likeness (QED) is 0.803. The van der Waals surface area contributed by atoms with Gasteiger partial charge in [-0.3, -0.25) is 0 Å². The van der Waals surface area contributed by atoms with Crippen LogP contribution in [0.5, 0.6) is 5.75 Å². The van der Waals surface area contributed by atoms with Crippen molar-refractivity contribution < 1.29 is 17.9 Å². The molecular weight excluding hydrogens is 243 g/mol. The maximum absolute atomic E-state index is 12.2. The molecule has 0 aromatic heterocycles. The SMILES string of the molecule is CC(Oc1ccc(C#N)c(Cl)c1)C(F)(F)F. The summed E-state index contributed by atoms with van der Waals surface area (Å²) in [5.41, 5.74) is 0.189. The molecule has 16 heavy (non-hydrogen) atoms. The van der Waals surface area contributed by atoms with Crippen LogP contribution in [0, 0.1) is 11.3 Å². The highest BCUT2D eigenvalue weighted by Crippen LogP contribution is 2.27. The molecule has 0 amide bonds. The van der Waals surface area contributed by atoms with Crippen LogP contribution in [-0.4, -0.2) is 12.3 Å². The Hall–Kier alpha value is -1.41. The summed E-state index contributed by atoms with van der Waals surface area (Å²) in [4.78, 5) is 0. The lowest BCUT2D eigenvalue weighted by molar-refractivity contribution is -0.189. The van der Waals surface area contributed by atoms with E-state index in [1.54, 1.807) is 6.07 Å². The number of hydrogen-bond acceptors (Lipinski definition) is 2. The number of alkyl halides is 3. The smallest absolute Gasteiger partial charge is 0.425 e. The Balaban J connectivity index is 2.85. The molecule has 86 valence electrons. The van der Waals surface area contributed by atoms with E-state index in [1.807, 2.05) is 0 Å². The minimum atomic E-state index is -4.43. The van der Waals surface area contributed by atoms with Gasteiger partial charge in [0.2, 0.25) is 0 Å². The van der Waals surface area contributed by atoms with Gasteiger partial charge in [0.1, 0.15) is 11.8 Å². The van der Waals surface area contributed by atoms with E-state index in [9.17, 15) is 13.2 Å². The highest BCUT2D eigenvalue weighted by Gasteiger charge is 2.38. The van der Waals surface area contributed by atoms with Gasteiger partial charge in [-0.05, 0) is 19.1 Å². The van der Waals surface area contributed by atoms with Crippen LogP contribution in [0.2, 0.25) is 5.02 Å². The maximum Gasteiger partial charge on any atom is 0.425 e. The van der Waals surface area contributed by atoms with Crippen molar-refractivity contribution in [3.8, 4) is 11.8 Å². The second-order valence-electron chi connectivity index (χ2n) is 3.06. The minimum absolute atomic E-state index is 0.0196. The third kappa shape index (κ3) is 3.04. The van der Waals surface area contributed by atoms with Gasteiger partial charge in [0, 0.05) is 6.07 Å². The maximum atomic E-state index is 12.2. The number of nitrogens with zero attached hydrogens (tertiary/aromatic N) is 1. The fraction of sp³-hybridized carbons (Fsp3) is 0.300. The summed E-state index contributed by atoms with van der Waals surface area (Å²) >= 11 is 5.64. The molecule has 0 saturated heterocycles. The summed E-state index contributed by atoms with van der Waals surface area (Å²) in [5, 5.41) is 8.63. The Kier molecular flexibility index (Phi) is 3.66. The lowest BCUT2D eigenvalue weighted by Crippen LogP contribution is -2.31. The van der Waals surface area contributed by atoms with Crippen molar-refractivity contribution in [2.75, 3.05) is 0 Å². The summed E-state index contributed by atoms with van der Waals surface area (Å²) in [5.74, 6) is -0.0196. The zero-order valence-corrected chi connectivity index (χ0v) is 8.93. The fourth-order valence-electron chi connectivity index (χ4n) is 0.931. The van der Waals surface area contributed by atoms with Crippen LogP contribution in [-0.2, 0) is 0 Å². The molecule has 0 fully saturated rings. The van der Waals surface area contributed by atoms with Crippen LogP contribution >= 0.6 is 11.6 Å². The number of hydrogen-bond donors (Lipinski definition) is 0. The highest BCUT2D eigenvalue weighted by molar-refractivity contribution is 6.31. The van der Waals surface area contributed by atoms with Crippen LogP contribution < -0.4 is 4.74 Å². The lowest BCUT2D eigenvalue weighted by Gasteiger charge is -2.17. The third-order valence-electron chi connectivity index (χ3n) is 1.83. The first-order valence-corrected chi connectivity index (χ1v) is 4.65. The van der Waals surface area contributed by atoms with E-state index in [4.69, 9.17) is 16.9 Å². The van der Waals surface area contributed by atoms with Crippen molar-refractivity contribution in [2.24, 2.45) is 0 Å². The van der Waals surface area contributed by atoms with Gasteiger partial charge < -0.3 is 4.74 Å². The summed E-state index contributed by atoms with van der Waals surface area (Å²) < 4.78 is 41.2. The van der Waals surface area contributed by atoms with Gasteiger partial charge in [0.25, 0.3) is 0 Å². The molecule has 1 aromatic carbocycles. The van der Waals surface area contributed by atoms with E-state index < -0.39 is 12.3 Å². The van der Waals surface area contributed by atoms with Crippen molar-refractivity contribution in [2.45, 2.75) is 19.2 Å². The molecule has 0 heterocycles. The summed E-state index contributed by atoms with van der Waals surface area (Å²) in [6.07, 6.45) is -6.35. The predicted octanol–water partition coefficient (Wildman–Crippen LogP) is 3.54. The van der Waals surface area contributed by atoms with Gasteiger partial charge >= 0.3 is 6.18 Å². The van der Waals surface area contributed by atoms with Crippen LogP contribution in [0.3, 0.4) is 0 Å². The van der Waals surface area contributed by atoms with Crippen LogP contribution in [0.1, 0.15) is 12.5 Å². The van der Waals surface area contributed by atoms with E-state index >= 15 is 0 Å². The Morgan fingerprint density at radius 3 is 2.50 bits per heavy atom. The van der Waals surface area contributed by atoms with E-state index in [0.29, 0.717) is 0 Å². The second-order valence-corrected chi connectivity index (χ2v) is 3.46. The summed E-state index contributed by atoms with van der Waals surface area (Å²) in [6, 6.07) is 5.56. The van der Waals surface area contributed by atoms with Crippen LogP contribution in [0.15, 0.2) is 18.2 Å². The van der Waals surface area contributed by atoms with Crippen LogP contribution in [0.25, 0.3) is 0 Å². The molecular formula is C10H7ClF3NO. The third-order valence-corrected chi connectivity index (χ3v) is 2.15. The number of ether oxygens (including phenoxy) is 1. The fourth-order valence-corrected chi connectivity index (χ4v) is 1.14. The van der Waals surface area contributed by atoms with E-state index in [2.05, 4.69) is 4.74 Å². The molecule has 0 N–H and O–H groups in total. The molecule has 1 aromatic rings. The average molecular weight is 250 g/mol. The Bertz CT molecular complexity index is 425. The molecule has 0 radical (unpaired) electrons. The van der Waals surface area contributed by atoms with Crippen molar-refractivity contribution in [1.82, 2.24) is 0 Å². The molecule has 0 saturated carbocycles. The topological polar surface area (TPSA) is 33.0 Å². The lowest BCUT2D eigenvalue weighted by atomic mass is 10.2. The molecule has 0 spiro atoms. The number of nitriles is 1. The van der Waals surface area contributed by atoms with Crippen molar-refractivity contribution in [1.29, 1.82) is 5.26 Å². The Morgan fingerprint density at radius 1 is 1.44 bits per heavy atom. The van der Waals surface area contributed by atoms with Gasteiger partial charge in [-0.25, -0.2) is 0 Å². The van der Waals surface area contributed by atoms with Crippen LogP contribution in [0.4, 0.5) is 13.2 Å².